The molecular weight excluding hydrogens is 620 g/mol. The Bertz CT molecular complexity index is 1820. The van der Waals surface area contributed by atoms with Gasteiger partial charge in [-0.3, -0.25) is 14.8 Å². The van der Waals surface area contributed by atoms with Gasteiger partial charge in [-0.25, -0.2) is 14.3 Å². The molecule has 2 fully saturated rings. The van der Waals surface area contributed by atoms with Crippen LogP contribution in [0.3, 0.4) is 0 Å². The molecule has 1 atom stereocenters. The molecule has 0 aliphatic carbocycles. The summed E-state index contributed by atoms with van der Waals surface area (Å²) >= 11 is 6.35. The minimum absolute atomic E-state index is 0.0746. The standard InChI is InChI=1S/C34H35ClN8O4/c1-2-24-20-23(21-28(35)30(24)36)22-29(32(44)41-18-16-40(17-19-41)26-8-12-37-13-9-26)47-34(46)42-14-10-27(11-15-42)43-33(45)38-31(39-43)25-6-4-3-5-7-25/h1,3-9,12-13,20-21,27,29H,10-11,14-19,22,36H2,(H,38,39,45)/t29-/m1/s1. The number of benzene rings is 2. The molecule has 4 heterocycles. The molecule has 3 N–H and O–H groups in total. The molecule has 2 amide bonds. The number of terminal acetylenes is 1. The van der Waals surface area contributed by atoms with Gasteiger partial charge in [0.25, 0.3) is 5.91 Å². The van der Waals surface area contributed by atoms with Crippen molar-refractivity contribution in [2.75, 3.05) is 49.9 Å². The minimum Gasteiger partial charge on any atom is -0.436 e. The SMILES string of the molecule is C#Cc1cc(C[C@@H](OC(=O)N2CCC(n3nc(-c4ccccc4)[nH]c3=O)CC2)C(=O)N2CCN(c3ccncc3)CC2)cc(Cl)c1N. The summed E-state index contributed by atoms with van der Waals surface area (Å²) in [6.45, 7) is 2.84. The fraction of sp³-hybridized carbons (Fsp3) is 0.324. The number of rotatable bonds is 7. The molecule has 2 aliphatic heterocycles. The Balaban J connectivity index is 1.14. The van der Waals surface area contributed by atoms with Crippen LogP contribution in [0, 0.1) is 12.3 Å². The van der Waals surface area contributed by atoms with Crippen LogP contribution in [-0.2, 0) is 16.0 Å². The lowest BCUT2D eigenvalue weighted by atomic mass is 10.0. The van der Waals surface area contributed by atoms with Crippen molar-refractivity contribution in [2.24, 2.45) is 0 Å². The first-order chi connectivity index (χ1) is 22.8. The topological polar surface area (TPSA) is 143 Å². The van der Waals surface area contributed by atoms with Crippen LogP contribution in [0.25, 0.3) is 11.4 Å². The van der Waals surface area contributed by atoms with E-state index in [9.17, 15) is 14.4 Å². The Morgan fingerprint density at radius 3 is 2.40 bits per heavy atom. The van der Waals surface area contributed by atoms with Gasteiger partial charge < -0.3 is 25.2 Å². The fourth-order valence-electron chi connectivity index (χ4n) is 6.05. The summed E-state index contributed by atoms with van der Waals surface area (Å²) in [5, 5.41) is 4.79. The van der Waals surface area contributed by atoms with E-state index in [2.05, 4.69) is 25.9 Å². The van der Waals surface area contributed by atoms with Crippen LogP contribution in [0.4, 0.5) is 16.2 Å². The molecule has 2 saturated heterocycles. The molecule has 242 valence electrons. The highest BCUT2D eigenvalue weighted by atomic mass is 35.5. The van der Waals surface area contributed by atoms with Gasteiger partial charge in [0, 0.05) is 74.9 Å². The van der Waals surface area contributed by atoms with Gasteiger partial charge in [-0.2, -0.15) is 0 Å². The van der Waals surface area contributed by atoms with E-state index in [4.69, 9.17) is 28.5 Å². The summed E-state index contributed by atoms with van der Waals surface area (Å²) in [6, 6.07) is 16.4. The molecule has 2 aromatic heterocycles. The van der Waals surface area contributed by atoms with Crippen LogP contribution in [0.15, 0.2) is 71.8 Å². The van der Waals surface area contributed by atoms with Crippen LogP contribution in [-0.4, -0.2) is 86.9 Å². The highest BCUT2D eigenvalue weighted by molar-refractivity contribution is 6.33. The van der Waals surface area contributed by atoms with E-state index in [1.165, 1.54) is 4.68 Å². The van der Waals surface area contributed by atoms with Crippen LogP contribution in [0.5, 0.6) is 0 Å². The molecule has 2 aliphatic rings. The average molecular weight is 655 g/mol. The van der Waals surface area contributed by atoms with E-state index in [1.807, 2.05) is 42.5 Å². The maximum absolute atomic E-state index is 13.9. The van der Waals surface area contributed by atoms with E-state index in [1.54, 1.807) is 34.3 Å². The van der Waals surface area contributed by atoms with Gasteiger partial charge in [-0.15, -0.1) is 11.5 Å². The number of pyridine rings is 1. The molecule has 4 aromatic rings. The summed E-state index contributed by atoms with van der Waals surface area (Å²) in [5.41, 5.74) is 8.89. The second-order valence-electron chi connectivity index (χ2n) is 11.6. The van der Waals surface area contributed by atoms with Crippen LogP contribution >= 0.6 is 11.6 Å². The zero-order chi connectivity index (χ0) is 32.9. The molecule has 47 heavy (non-hydrogen) atoms. The van der Waals surface area contributed by atoms with Gasteiger partial charge in [0.2, 0.25) is 0 Å². The predicted molar refractivity (Wildman–Crippen MR) is 179 cm³/mol. The van der Waals surface area contributed by atoms with Crippen molar-refractivity contribution in [3.8, 4) is 23.7 Å². The summed E-state index contributed by atoms with van der Waals surface area (Å²) in [6.07, 6.45) is 8.48. The van der Waals surface area contributed by atoms with Gasteiger partial charge in [-0.1, -0.05) is 47.9 Å². The van der Waals surface area contributed by atoms with Gasteiger partial charge >= 0.3 is 11.8 Å². The summed E-state index contributed by atoms with van der Waals surface area (Å²) in [4.78, 5) is 52.5. The van der Waals surface area contributed by atoms with E-state index < -0.39 is 12.2 Å². The zero-order valence-electron chi connectivity index (χ0n) is 25.7. The third-order valence-electron chi connectivity index (χ3n) is 8.66. The maximum Gasteiger partial charge on any atom is 0.410 e. The first kappa shape index (κ1) is 31.7. The highest BCUT2D eigenvalue weighted by Gasteiger charge is 2.34. The second kappa shape index (κ2) is 14.0. The van der Waals surface area contributed by atoms with Crippen LogP contribution in [0.2, 0.25) is 5.02 Å². The molecule has 2 aromatic carbocycles. The molecule has 0 saturated carbocycles. The predicted octanol–water partition coefficient (Wildman–Crippen LogP) is 3.58. The van der Waals surface area contributed by atoms with E-state index in [0.717, 1.165) is 11.3 Å². The number of piperidine rings is 1. The lowest BCUT2D eigenvalue weighted by Crippen LogP contribution is -2.53. The number of likely N-dealkylation sites (tertiary alicyclic amines) is 1. The molecule has 0 radical (unpaired) electrons. The summed E-state index contributed by atoms with van der Waals surface area (Å²) in [7, 11) is 0. The quantitative estimate of drug-likeness (QED) is 0.228. The first-order valence-electron chi connectivity index (χ1n) is 15.5. The number of carbonyl (C=O) groups excluding carboxylic acids is 2. The van der Waals surface area contributed by atoms with Crippen molar-refractivity contribution in [1.29, 1.82) is 0 Å². The fourth-order valence-corrected chi connectivity index (χ4v) is 6.29. The summed E-state index contributed by atoms with van der Waals surface area (Å²) < 4.78 is 7.40. The average Bonchev–Trinajstić information content (AvgIpc) is 3.51. The largest absolute Gasteiger partial charge is 0.436 e. The first-order valence-corrected chi connectivity index (χ1v) is 15.9. The third kappa shape index (κ3) is 7.10. The number of anilines is 2. The number of amides is 2. The number of piperazine rings is 1. The van der Waals surface area contributed by atoms with Gasteiger partial charge in [-0.05, 0) is 42.7 Å². The van der Waals surface area contributed by atoms with Crippen molar-refractivity contribution in [2.45, 2.75) is 31.4 Å². The normalized spacial score (nSPS) is 16.0. The minimum atomic E-state index is -1.11. The summed E-state index contributed by atoms with van der Waals surface area (Å²) in [5.74, 6) is 2.72. The Morgan fingerprint density at radius 2 is 1.72 bits per heavy atom. The van der Waals surface area contributed by atoms with Gasteiger partial charge in [0.1, 0.15) is 0 Å². The van der Waals surface area contributed by atoms with Crippen molar-refractivity contribution in [1.82, 2.24) is 29.5 Å². The molecule has 6 rings (SSSR count). The molecule has 0 spiro atoms. The molecule has 13 heteroatoms. The van der Waals surface area contributed by atoms with E-state index in [0.29, 0.717) is 69.1 Å². The Hall–Kier alpha value is -5.28. The van der Waals surface area contributed by atoms with Crippen molar-refractivity contribution in [3.05, 3.63) is 93.6 Å². The number of ether oxygens (including phenoxy) is 1. The number of H-pyrrole nitrogens is 1. The number of aromatic nitrogens is 4. The van der Waals surface area contributed by atoms with Crippen molar-refractivity contribution in [3.63, 3.8) is 0 Å². The zero-order valence-corrected chi connectivity index (χ0v) is 26.5. The highest BCUT2D eigenvalue weighted by Crippen LogP contribution is 2.27. The van der Waals surface area contributed by atoms with Crippen LogP contribution in [0.1, 0.15) is 30.0 Å². The smallest absolute Gasteiger partial charge is 0.410 e. The van der Waals surface area contributed by atoms with Gasteiger partial charge in [0.15, 0.2) is 11.9 Å². The number of halogens is 1. The Labute approximate surface area is 277 Å². The lowest BCUT2D eigenvalue weighted by Gasteiger charge is -2.38. The molecular formula is C34H35ClN8O4. The number of carbonyl (C=O) groups is 2. The Morgan fingerprint density at radius 1 is 1.02 bits per heavy atom. The van der Waals surface area contributed by atoms with Gasteiger partial charge in [0.05, 0.1) is 16.8 Å². The molecule has 12 nitrogen and oxygen atoms in total. The van der Waals surface area contributed by atoms with E-state index >= 15 is 0 Å². The Kier molecular flexibility index (Phi) is 9.45. The third-order valence-corrected chi connectivity index (χ3v) is 8.97. The lowest BCUT2D eigenvalue weighted by molar-refractivity contribution is -0.141. The monoisotopic (exact) mass is 654 g/mol. The van der Waals surface area contributed by atoms with Crippen molar-refractivity contribution >= 4 is 35.0 Å². The molecule has 0 bridgehead atoms. The number of nitrogens with zero attached hydrogens (tertiary/aromatic N) is 6. The number of aromatic amines is 1. The van der Waals surface area contributed by atoms with Crippen LogP contribution < -0.4 is 16.3 Å². The molecule has 0 unspecified atom stereocenters. The van der Waals surface area contributed by atoms with E-state index in [-0.39, 0.29) is 34.8 Å². The van der Waals surface area contributed by atoms with Crippen molar-refractivity contribution < 1.29 is 14.3 Å². The number of nitrogens with one attached hydrogen (secondary N) is 1. The number of hydrogen-bond donors (Lipinski definition) is 2. The second-order valence-corrected chi connectivity index (χ2v) is 12.0. The number of hydrogen-bond acceptors (Lipinski definition) is 8. The maximum atomic E-state index is 13.9. The number of nitrogen functional groups attached to an aromatic ring is 1. The number of nitrogens with two attached hydrogens (primary N) is 1.